The molecule has 0 amide bonds. The van der Waals surface area contributed by atoms with E-state index in [1.807, 2.05) is 17.4 Å². The lowest BCUT2D eigenvalue weighted by atomic mass is 10.1. The predicted octanol–water partition coefficient (Wildman–Crippen LogP) is 4.12. The maximum Gasteiger partial charge on any atom is 0.218 e. The summed E-state index contributed by atoms with van der Waals surface area (Å²) in [6.07, 6.45) is 2.50. The van der Waals surface area contributed by atoms with E-state index in [2.05, 4.69) is 49.0 Å². The zero-order chi connectivity index (χ0) is 14.5. The molecule has 1 unspecified atom stereocenters. The molecule has 2 aromatic heterocycles. The molecule has 2 heterocycles. The molecule has 0 aromatic carbocycles. The summed E-state index contributed by atoms with van der Waals surface area (Å²) in [6.45, 7) is 9.18. The first kappa shape index (κ1) is 14.8. The molecule has 4 nitrogen and oxygen atoms in total. The van der Waals surface area contributed by atoms with Crippen molar-refractivity contribution in [2.45, 2.75) is 40.2 Å². The van der Waals surface area contributed by atoms with Gasteiger partial charge in [0.05, 0.1) is 12.6 Å². The fraction of sp³-hybridized carbons (Fsp3) is 0.467. The average molecular weight is 291 g/mol. The highest BCUT2D eigenvalue weighted by atomic mass is 32.1. The first-order chi connectivity index (χ1) is 9.60. The zero-order valence-electron chi connectivity index (χ0n) is 12.4. The lowest BCUT2D eigenvalue weighted by Gasteiger charge is -2.15. The molecule has 0 spiro atoms. The van der Waals surface area contributed by atoms with Gasteiger partial charge in [0, 0.05) is 15.8 Å². The number of aryl methyl sites for hydroxylation is 2. The number of aromatic nitrogens is 2. The van der Waals surface area contributed by atoms with Gasteiger partial charge in [-0.25, -0.2) is 9.97 Å². The summed E-state index contributed by atoms with van der Waals surface area (Å²) < 4.78 is 5.52. The third-order valence-corrected chi connectivity index (χ3v) is 3.99. The molecule has 108 valence electrons. The number of ether oxygens (including phenoxy) is 1. The van der Waals surface area contributed by atoms with Crippen molar-refractivity contribution in [1.29, 1.82) is 0 Å². The van der Waals surface area contributed by atoms with Crippen molar-refractivity contribution < 1.29 is 4.74 Å². The summed E-state index contributed by atoms with van der Waals surface area (Å²) in [5.74, 6) is 1.41. The molecule has 0 saturated heterocycles. The van der Waals surface area contributed by atoms with Crippen LogP contribution in [0.1, 0.15) is 41.6 Å². The van der Waals surface area contributed by atoms with Crippen LogP contribution in [0.15, 0.2) is 18.5 Å². The van der Waals surface area contributed by atoms with E-state index in [0.29, 0.717) is 12.5 Å². The van der Waals surface area contributed by atoms with Crippen molar-refractivity contribution in [2.75, 3.05) is 11.9 Å². The Balaban J connectivity index is 2.07. The molecular formula is C15H21N3OS. The van der Waals surface area contributed by atoms with Crippen molar-refractivity contribution in [3.05, 3.63) is 33.8 Å². The van der Waals surface area contributed by atoms with Crippen LogP contribution in [-0.2, 0) is 0 Å². The van der Waals surface area contributed by atoms with E-state index in [1.54, 1.807) is 0 Å². The largest absolute Gasteiger partial charge is 0.478 e. The van der Waals surface area contributed by atoms with Gasteiger partial charge in [-0.3, -0.25) is 0 Å². The summed E-state index contributed by atoms with van der Waals surface area (Å²) in [4.78, 5) is 11.0. The minimum atomic E-state index is 0.217. The van der Waals surface area contributed by atoms with Gasteiger partial charge in [-0.05, 0) is 38.8 Å². The van der Waals surface area contributed by atoms with Crippen LogP contribution in [0.3, 0.4) is 0 Å². The Morgan fingerprint density at radius 3 is 2.75 bits per heavy atom. The predicted molar refractivity (Wildman–Crippen MR) is 83.6 cm³/mol. The van der Waals surface area contributed by atoms with Crippen LogP contribution in [0, 0.1) is 13.8 Å². The van der Waals surface area contributed by atoms with E-state index in [9.17, 15) is 0 Å². The average Bonchev–Trinajstić information content (AvgIpc) is 2.76. The molecule has 1 N–H and O–H groups in total. The van der Waals surface area contributed by atoms with Crippen LogP contribution in [0.2, 0.25) is 0 Å². The van der Waals surface area contributed by atoms with E-state index < -0.39 is 0 Å². The molecule has 0 saturated carbocycles. The quantitative estimate of drug-likeness (QED) is 0.869. The monoisotopic (exact) mass is 291 g/mol. The van der Waals surface area contributed by atoms with Gasteiger partial charge in [0.2, 0.25) is 5.88 Å². The van der Waals surface area contributed by atoms with Crippen LogP contribution in [0.25, 0.3) is 0 Å². The highest BCUT2D eigenvalue weighted by Gasteiger charge is 2.12. The lowest BCUT2D eigenvalue weighted by molar-refractivity contribution is 0.305. The van der Waals surface area contributed by atoms with Gasteiger partial charge >= 0.3 is 0 Å². The summed E-state index contributed by atoms with van der Waals surface area (Å²) in [5, 5.41) is 3.40. The molecule has 0 aliphatic carbocycles. The van der Waals surface area contributed by atoms with Crippen LogP contribution in [0.5, 0.6) is 5.88 Å². The molecular weight excluding hydrogens is 270 g/mol. The van der Waals surface area contributed by atoms with Gasteiger partial charge in [0.1, 0.15) is 12.1 Å². The van der Waals surface area contributed by atoms with Gasteiger partial charge in [-0.2, -0.15) is 0 Å². The SMILES string of the molecule is CCCOc1cc(NC(C)c2cc(C)sc2C)ncn1. The lowest BCUT2D eigenvalue weighted by Crippen LogP contribution is -2.08. The van der Waals surface area contributed by atoms with Gasteiger partial charge < -0.3 is 10.1 Å². The Bertz CT molecular complexity index is 568. The number of thiophene rings is 1. The standard InChI is InChI=1S/C15H21N3OS/c1-5-6-19-15-8-14(16-9-17-15)18-11(3)13-7-10(2)20-12(13)4/h7-9,11H,5-6H2,1-4H3,(H,16,17,18). The van der Waals surface area contributed by atoms with Crippen LogP contribution < -0.4 is 10.1 Å². The Hall–Kier alpha value is -1.62. The maximum absolute atomic E-state index is 5.52. The summed E-state index contributed by atoms with van der Waals surface area (Å²) >= 11 is 1.82. The van der Waals surface area contributed by atoms with Gasteiger partial charge in [0.15, 0.2) is 0 Å². The van der Waals surface area contributed by atoms with E-state index in [0.717, 1.165) is 12.2 Å². The fourth-order valence-electron chi connectivity index (χ4n) is 2.08. The molecule has 5 heteroatoms. The Labute approximate surface area is 124 Å². The van der Waals surface area contributed by atoms with Crippen LogP contribution >= 0.6 is 11.3 Å². The number of hydrogen-bond acceptors (Lipinski definition) is 5. The molecule has 0 aliphatic heterocycles. The van der Waals surface area contributed by atoms with Crippen LogP contribution in [-0.4, -0.2) is 16.6 Å². The van der Waals surface area contributed by atoms with Crippen molar-refractivity contribution in [3.8, 4) is 5.88 Å². The minimum Gasteiger partial charge on any atom is -0.478 e. The minimum absolute atomic E-state index is 0.217. The first-order valence-corrected chi connectivity index (χ1v) is 7.70. The second-order valence-electron chi connectivity index (χ2n) is 4.82. The molecule has 0 bridgehead atoms. The zero-order valence-corrected chi connectivity index (χ0v) is 13.3. The van der Waals surface area contributed by atoms with E-state index in [-0.39, 0.29) is 6.04 Å². The number of nitrogens with one attached hydrogen (secondary N) is 1. The van der Waals surface area contributed by atoms with E-state index in [4.69, 9.17) is 4.74 Å². The molecule has 0 radical (unpaired) electrons. The highest BCUT2D eigenvalue weighted by molar-refractivity contribution is 7.12. The second-order valence-corrected chi connectivity index (χ2v) is 6.28. The Kier molecular flexibility index (Phi) is 4.95. The molecule has 2 aromatic rings. The Morgan fingerprint density at radius 2 is 2.10 bits per heavy atom. The topological polar surface area (TPSA) is 47.0 Å². The number of hydrogen-bond donors (Lipinski definition) is 1. The molecule has 2 rings (SSSR count). The number of rotatable bonds is 6. The van der Waals surface area contributed by atoms with Gasteiger partial charge in [-0.15, -0.1) is 11.3 Å². The smallest absolute Gasteiger partial charge is 0.218 e. The van der Waals surface area contributed by atoms with Gasteiger partial charge in [0.25, 0.3) is 0 Å². The number of anilines is 1. The summed E-state index contributed by atoms with van der Waals surface area (Å²) in [6, 6.07) is 4.29. The van der Waals surface area contributed by atoms with E-state index >= 15 is 0 Å². The van der Waals surface area contributed by atoms with Crippen LogP contribution in [0.4, 0.5) is 5.82 Å². The van der Waals surface area contributed by atoms with Crippen molar-refractivity contribution in [2.24, 2.45) is 0 Å². The normalized spacial score (nSPS) is 12.2. The third kappa shape index (κ3) is 3.70. The fourth-order valence-corrected chi connectivity index (χ4v) is 3.11. The summed E-state index contributed by atoms with van der Waals surface area (Å²) in [5.41, 5.74) is 1.32. The van der Waals surface area contributed by atoms with Crippen molar-refractivity contribution >= 4 is 17.2 Å². The summed E-state index contributed by atoms with van der Waals surface area (Å²) in [7, 11) is 0. The van der Waals surface area contributed by atoms with Gasteiger partial charge in [-0.1, -0.05) is 6.92 Å². The molecule has 0 aliphatic rings. The second kappa shape index (κ2) is 6.70. The molecule has 0 fully saturated rings. The molecule has 20 heavy (non-hydrogen) atoms. The maximum atomic E-state index is 5.52. The first-order valence-electron chi connectivity index (χ1n) is 6.88. The highest BCUT2D eigenvalue weighted by Crippen LogP contribution is 2.28. The number of nitrogens with zero attached hydrogens (tertiary/aromatic N) is 2. The Morgan fingerprint density at radius 1 is 1.30 bits per heavy atom. The third-order valence-electron chi connectivity index (χ3n) is 3.01. The van der Waals surface area contributed by atoms with Crippen molar-refractivity contribution in [3.63, 3.8) is 0 Å². The van der Waals surface area contributed by atoms with E-state index in [1.165, 1.54) is 21.6 Å². The molecule has 1 atom stereocenters. The van der Waals surface area contributed by atoms with Crippen molar-refractivity contribution in [1.82, 2.24) is 9.97 Å².